The van der Waals surface area contributed by atoms with Crippen molar-refractivity contribution in [3.8, 4) is 17.2 Å². The summed E-state index contributed by atoms with van der Waals surface area (Å²) in [5.41, 5.74) is 2.31. The van der Waals surface area contributed by atoms with Gasteiger partial charge in [-0.05, 0) is 36.8 Å². The first kappa shape index (κ1) is 20.2. The van der Waals surface area contributed by atoms with E-state index >= 15 is 0 Å². The minimum atomic E-state index is -0.288. The average molecular weight is 418 g/mol. The molecule has 0 bridgehead atoms. The maximum atomic E-state index is 11.8. The van der Waals surface area contributed by atoms with Crippen LogP contribution in [0.2, 0.25) is 0 Å². The molecule has 4 rings (SSSR count). The van der Waals surface area contributed by atoms with Gasteiger partial charge in [0.15, 0.2) is 5.58 Å². The summed E-state index contributed by atoms with van der Waals surface area (Å²) < 4.78 is 11.9. The summed E-state index contributed by atoms with van der Waals surface area (Å²) in [6.07, 6.45) is 2.39. The number of amides is 1. The van der Waals surface area contributed by atoms with E-state index in [2.05, 4.69) is 22.2 Å². The molecule has 0 spiro atoms. The number of aromatic nitrogens is 2. The molecule has 0 aliphatic heterocycles. The van der Waals surface area contributed by atoms with Crippen molar-refractivity contribution in [2.75, 3.05) is 18.5 Å². The highest BCUT2D eigenvalue weighted by Crippen LogP contribution is 2.32. The van der Waals surface area contributed by atoms with Gasteiger partial charge in [0.2, 0.25) is 0 Å². The average Bonchev–Trinajstić information content (AvgIpc) is 3.20. The van der Waals surface area contributed by atoms with E-state index in [4.69, 9.17) is 9.15 Å². The smallest absolute Gasteiger partial charge is 0.302 e. The van der Waals surface area contributed by atoms with Crippen LogP contribution in [-0.2, 0) is 0 Å². The van der Waals surface area contributed by atoms with E-state index in [0.29, 0.717) is 35.2 Å². The number of phenols is 1. The minimum Gasteiger partial charge on any atom is -0.508 e. The van der Waals surface area contributed by atoms with Crippen LogP contribution < -0.4 is 15.0 Å². The fraction of sp³-hybridized carbons (Fsp3) is 0.174. The molecule has 8 heteroatoms. The number of benzene rings is 2. The molecule has 1 amide bonds. The molecule has 0 saturated carbocycles. The van der Waals surface area contributed by atoms with Gasteiger partial charge in [-0.2, -0.15) is 4.98 Å². The molecule has 2 aromatic carbocycles. The topological polar surface area (TPSA) is 101 Å². The molecule has 0 aliphatic carbocycles. The molecular weight excluding hydrogens is 396 g/mol. The van der Waals surface area contributed by atoms with Gasteiger partial charge >= 0.3 is 6.01 Å². The zero-order chi connectivity index (χ0) is 21.8. The summed E-state index contributed by atoms with van der Waals surface area (Å²) in [5.74, 6) is 0.923. The van der Waals surface area contributed by atoms with Crippen LogP contribution in [0.1, 0.15) is 23.8 Å². The van der Waals surface area contributed by atoms with Gasteiger partial charge in [0, 0.05) is 43.7 Å². The summed E-state index contributed by atoms with van der Waals surface area (Å²) >= 11 is 0. The maximum absolute atomic E-state index is 11.8. The largest absolute Gasteiger partial charge is 0.508 e. The molecule has 2 heterocycles. The summed E-state index contributed by atoms with van der Waals surface area (Å²) in [6.45, 7) is 2.74. The molecule has 0 fully saturated rings. The van der Waals surface area contributed by atoms with Crippen molar-refractivity contribution in [1.82, 2.24) is 15.3 Å². The first-order valence-electron chi connectivity index (χ1n) is 9.90. The highest BCUT2D eigenvalue weighted by molar-refractivity contribution is 5.92. The lowest BCUT2D eigenvalue weighted by Gasteiger charge is -2.19. The normalized spacial score (nSPS) is 10.8. The first-order valence-corrected chi connectivity index (χ1v) is 9.90. The number of ether oxygens (including phenoxy) is 1. The number of phenolic OH excluding ortho intramolecular Hbond substituents is 1. The third kappa shape index (κ3) is 4.42. The summed E-state index contributed by atoms with van der Waals surface area (Å²) in [6, 6.07) is 16.0. The van der Waals surface area contributed by atoms with Crippen LogP contribution in [0.25, 0.3) is 11.1 Å². The number of oxazole rings is 1. The van der Waals surface area contributed by atoms with Gasteiger partial charge in [0.25, 0.3) is 5.91 Å². The highest BCUT2D eigenvalue weighted by Gasteiger charge is 2.17. The van der Waals surface area contributed by atoms with Gasteiger partial charge < -0.3 is 19.6 Å². The molecule has 0 atom stereocenters. The minimum absolute atomic E-state index is 0.180. The molecule has 0 saturated heterocycles. The van der Waals surface area contributed by atoms with Crippen molar-refractivity contribution in [2.45, 2.75) is 13.3 Å². The number of nitrogens with one attached hydrogen (secondary N) is 1. The Balaban J connectivity index is 1.63. The Morgan fingerprint density at radius 3 is 2.77 bits per heavy atom. The lowest BCUT2D eigenvalue weighted by Crippen LogP contribution is -2.18. The Kier molecular flexibility index (Phi) is 5.70. The van der Waals surface area contributed by atoms with Crippen LogP contribution >= 0.6 is 0 Å². The predicted octanol–water partition coefficient (Wildman–Crippen LogP) is 4.63. The standard InChI is InChI=1S/C23H22N4O4/c1-3-11-27(15-5-4-6-16(28)12-15)23-26-19-8-7-17(14-21(19)31-23)30-18-9-10-25-20(13-18)22(29)24-2/h4-10,12-14,28H,3,11H2,1-2H3,(H,24,29). The molecular formula is C23H22N4O4. The monoisotopic (exact) mass is 418 g/mol. The molecule has 8 nitrogen and oxygen atoms in total. The van der Waals surface area contributed by atoms with Crippen molar-refractivity contribution in [3.05, 3.63) is 66.5 Å². The number of rotatable bonds is 7. The van der Waals surface area contributed by atoms with Crippen molar-refractivity contribution >= 4 is 28.7 Å². The quantitative estimate of drug-likeness (QED) is 0.451. The van der Waals surface area contributed by atoms with Crippen molar-refractivity contribution < 1.29 is 19.1 Å². The third-order valence-corrected chi connectivity index (χ3v) is 4.59. The van der Waals surface area contributed by atoms with Gasteiger partial charge in [-0.25, -0.2) is 0 Å². The maximum Gasteiger partial charge on any atom is 0.302 e. The second kappa shape index (κ2) is 8.74. The highest BCUT2D eigenvalue weighted by atomic mass is 16.5. The number of fused-ring (bicyclic) bond motifs is 1. The SMILES string of the molecule is CCCN(c1cccc(O)c1)c1nc2ccc(Oc3ccnc(C(=O)NC)c3)cc2o1. The van der Waals surface area contributed by atoms with E-state index in [1.807, 2.05) is 17.0 Å². The van der Waals surface area contributed by atoms with E-state index in [1.54, 1.807) is 49.5 Å². The zero-order valence-electron chi connectivity index (χ0n) is 17.2. The van der Waals surface area contributed by atoms with Gasteiger partial charge in [-0.1, -0.05) is 13.0 Å². The van der Waals surface area contributed by atoms with Crippen LogP contribution in [0.5, 0.6) is 17.2 Å². The third-order valence-electron chi connectivity index (χ3n) is 4.59. The zero-order valence-corrected chi connectivity index (χ0v) is 17.2. The molecule has 158 valence electrons. The van der Waals surface area contributed by atoms with Gasteiger partial charge in [0.05, 0.1) is 0 Å². The fourth-order valence-electron chi connectivity index (χ4n) is 3.15. The number of nitrogens with zero attached hydrogens (tertiary/aromatic N) is 3. The number of carbonyl (C=O) groups excluding carboxylic acids is 1. The number of hydrogen-bond acceptors (Lipinski definition) is 7. The molecule has 0 aliphatic rings. The lowest BCUT2D eigenvalue weighted by molar-refractivity contribution is 0.0958. The molecule has 2 aromatic heterocycles. The Morgan fingerprint density at radius 2 is 2.00 bits per heavy atom. The summed E-state index contributed by atoms with van der Waals surface area (Å²) in [4.78, 5) is 22.3. The van der Waals surface area contributed by atoms with E-state index in [-0.39, 0.29) is 17.4 Å². The number of anilines is 2. The van der Waals surface area contributed by atoms with E-state index < -0.39 is 0 Å². The van der Waals surface area contributed by atoms with Crippen LogP contribution in [0, 0.1) is 0 Å². The Bertz CT molecular complexity index is 1220. The number of hydrogen-bond donors (Lipinski definition) is 2. The predicted molar refractivity (Wildman–Crippen MR) is 117 cm³/mol. The van der Waals surface area contributed by atoms with Crippen molar-refractivity contribution in [3.63, 3.8) is 0 Å². The van der Waals surface area contributed by atoms with Crippen molar-refractivity contribution in [2.24, 2.45) is 0 Å². The van der Waals surface area contributed by atoms with Gasteiger partial charge in [-0.3, -0.25) is 14.7 Å². The molecule has 0 radical (unpaired) electrons. The van der Waals surface area contributed by atoms with Crippen LogP contribution in [0.3, 0.4) is 0 Å². The van der Waals surface area contributed by atoms with E-state index in [0.717, 1.165) is 12.1 Å². The summed E-state index contributed by atoms with van der Waals surface area (Å²) in [5, 5.41) is 12.4. The van der Waals surface area contributed by atoms with Gasteiger partial charge in [-0.15, -0.1) is 0 Å². The second-order valence-corrected chi connectivity index (χ2v) is 6.86. The Morgan fingerprint density at radius 1 is 1.16 bits per heavy atom. The van der Waals surface area contributed by atoms with Crippen LogP contribution in [-0.4, -0.2) is 34.6 Å². The molecule has 31 heavy (non-hydrogen) atoms. The molecule has 4 aromatic rings. The van der Waals surface area contributed by atoms with E-state index in [9.17, 15) is 9.90 Å². The molecule has 2 N–H and O–H groups in total. The Labute approximate surface area is 179 Å². The Hall–Kier alpha value is -4.07. The van der Waals surface area contributed by atoms with Gasteiger partial charge in [0.1, 0.15) is 28.5 Å². The summed E-state index contributed by atoms with van der Waals surface area (Å²) in [7, 11) is 1.55. The lowest BCUT2D eigenvalue weighted by atomic mass is 10.2. The number of carbonyl (C=O) groups is 1. The molecule has 0 unspecified atom stereocenters. The second-order valence-electron chi connectivity index (χ2n) is 6.86. The number of aromatic hydroxyl groups is 1. The van der Waals surface area contributed by atoms with E-state index in [1.165, 1.54) is 6.20 Å². The van der Waals surface area contributed by atoms with Crippen LogP contribution in [0.4, 0.5) is 11.7 Å². The number of pyridine rings is 1. The van der Waals surface area contributed by atoms with Crippen molar-refractivity contribution in [1.29, 1.82) is 0 Å². The fourth-order valence-corrected chi connectivity index (χ4v) is 3.15. The first-order chi connectivity index (χ1) is 15.1. The van der Waals surface area contributed by atoms with Crippen LogP contribution in [0.15, 0.2) is 65.2 Å².